The van der Waals surface area contributed by atoms with E-state index >= 15 is 0 Å². The second kappa shape index (κ2) is 7.55. The van der Waals surface area contributed by atoms with E-state index in [1.54, 1.807) is 11.3 Å². The third kappa shape index (κ3) is 4.51. The molecular formula is C17H14ClN3S2. The summed E-state index contributed by atoms with van der Waals surface area (Å²) in [4.78, 5) is 5.49. The highest BCUT2D eigenvalue weighted by atomic mass is 35.5. The number of hydrogen-bond acceptors (Lipinski definition) is 3. The van der Waals surface area contributed by atoms with Gasteiger partial charge >= 0.3 is 0 Å². The average molecular weight is 360 g/mol. The summed E-state index contributed by atoms with van der Waals surface area (Å²) in [6.45, 7) is 0. The van der Waals surface area contributed by atoms with Crippen LogP contribution in [0.25, 0.3) is 0 Å². The van der Waals surface area contributed by atoms with Gasteiger partial charge < -0.3 is 10.6 Å². The minimum Gasteiger partial charge on any atom is -0.332 e. The maximum Gasteiger partial charge on any atom is 0.189 e. The third-order valence-electron chi connectivity index (χ3n) is 3.13. The van der Waals surface area contributed by atoms with E-state index < -0.39 is 0 Å². The monoisotopic (exact) mass is 359 g/mol. The van der Waals surface area contributed by atoms with E-state index in [1.165, 1.54) is 0 Å². The Labute approximate surface area is 149 Å². The third-order valence-corrected chi connectivity index (χ3v) is 4.61. The van der Waals surface area contributed by atoms with Crippen molar-refractivity contribution in [3.63, 3.8) is 0 Å². The lowest BCUT2D eigenvalue weighted by molar-refractivity contribution is 1.22. The summed E-state index contributed by atoms with van der Waals surface area (Å²) in [5.74, 6) is 0. The zero-order valence-corrected chi connectivity index (χ0v) is 14.5. The summed E-state index contributed by atoms with van der Waals surface area (Å²) in [6.07, 6.45) is 2.61. The number of aromatic nitrogens is 1. The molecule has 3 rings (SSSR count). The number of para-hydroxylation sites is 1. The minimum absolute atomic E-state index is 0.523. The van der Waals surface area contributed by atoms with E-state index in [-0.39, 0.29) is 0 Å². The zero-order chi connectivity index (χ0) is 16.1. The van der Waals surface area contributed by atoms with Gasteiger partial charge in [0.2, 0.25) is 0 Å². The number of thiocarbonyl (C=S) groups is 1. The van der Waals surface area contributed by atoms with E-state index in [4.69, 9.17) is 23.8 Å². The molecule has 2 N–H and O–H groups in total. The topological polar surface area (TPSA) is 37.0 Å². The molecule has 0 aliphatic rings. The Balaban J connectivity index is 1.61. The van der Waals surface area contributed by atoms with Crippen LogP contribution in [0.4, 0.5) is 10.8 Å². The first-order valence-electron chi connectivity index (χ1n) is 7.02. The number of anilines is 2. The largest absolute Gasteiger partial charge is 0.332 e. The highest BCUT2D eigenvalue weighted by Crippen LogP contribution is 2.24. The SMILES string of the molecule is S=C(Nc1ccccc1)Nc1ncc(Cc2ccccc2Cl)s1. The Morgan fingerprint density at radius 1 is 1.04 bits per heavy atom. The van der Waals surface area contributed by atoms with Crippen molar-refractivity contribution in [2.24, 2.45) is 0 Å². The Morgan fingerprint density at radius 2 is 1.78 bits per heavy atom. The van der Waals surface area contributed by atoms with Crippen LogP contribution in [0, 0.1) is 0 Å². The summed E-state index contributed by atoms with van der Waals surface area (Å²) in [6, 6.07) is 17.6. The summed E-state index contributed by atoms with van der Waals surface area (Å²) in [5.41, 5.74) is 2.03. The summed E-state index contributed by atoms with van der Waals surface area (Å²) < 4.78 is 0. The maximum atomic E-state index is 6.19. The van der Waals surface area contributed by atoms with Crippen molar-refractivity contribution in [1.82, 2.24) is 4.98 Å². The van der Waals surface area contributed by atoms with Gasteiger partial charge in [0.05, 0.1) is 0 Å². The fourth-order valence-electron chi connectivity index (χ4n) is 2.06. The Kier molecular flexibility index (Phi) is 5.23. The molecule has 0 aliphatic carbocycles. The standard InChI is InChI=1S/C17H14ClN3S2/c18-15-9-5-4-6-12(15)10-14-11-19-17(23-14)21-16(22)20-13-7-2-1-3-8-13/h1-9,11H,10H2,(H2,19,20,21,22). The summed E-state index contributed by atoms with van der Waals surface area (Å²) >= 11 is 13.1. The molecule has 0 unspecified atom stereocenters. The lowest BCUT2D eigenvalue weighted by atomic mass is 10.1. The second-order valence-electron chi connectivity index (χ2n) is 4.85. The Hall–Kier alpha value is -1.95. The molecule has 23 heavy (non-hydrogen) atoms. The van der Waals surface area contributed by atoms with Crippen LogP contribution in [0.5, 0.6) is 0 Å². The molecule has 0 aliphatic heterocycles. The first-order chi connectivity index (χ1) is 11.2. The fourth-order valence-corrected chi connectivity index (χ4v) is 3.38. The van der Waals surface area contributed by atoms with Gasteiger partial charge in [0, 0.05) is 28.2 Å². The molecule has 0 fully saturated rings. The molecule has 1 aromatic heterocycles. The van der Waals surface area contributed by atoms with E-state index in [9.17, 15) is 0 Å². The number of rotatable bonds is 4. The van der Waals surface area contributed by atoms with Crippen molar-refractivity contribution in [2.45, 2.75) is 6.42 Å². The highest BCUT2D eigenvalue weighted by Gasteiger charge is 2.07. The number of halogens is 1. The van der Waals surface area contributed by atoms with Crippen LogP contribution >= 0.6 is 35.2 Å². The van der Waals surface area contributed by atoms with Crippen molar-refractivity contribution in [3.8, 4) is 0 Å². The molecule has 0 spiro atoms. The fraction of sp³-hybridized carbons (Fsp3) is 0.0588. The quantitative estimate of drug-likeness (QED) is 0.628. The van der Waals surface area contributed by atoms with Crippen LogP contribution in [0.3, 0.4) is 0 Å². The number of thiazole rings is 1. The molecule has 1 heterocycles. The second-order valence-corrected chi connectivity index (χ2v) is 6.78. The van der Waals surface area contributed by atoms with Crippen molar-refractivity contribution in [2.75, 3.05) is 10.6 Å². The van der Waals surface area contributed by atoms with E-state index in [2.05, 4.69) is 15.6 Å². The predicted octanol–water partition coefficient (Wildman–Crippen LogP) is 5.20. The van der Waals surface area contributed by atoms with Crippen LogP contribution in [0.2, 0.25) is 5.02 Å². The lowest BCUT2D eigenvalue weighted by Gasteiger charge is -2.07. The molecule has 6 heteroatoms. The first-order valence-corrected chi connectivity index (χ1v) is 8.62. The molecule has 116 valence electrons. The molecule has 3 aromatic rings. The minimum atomic E-state index is 0.523. The smallest absolute Gasteiger partial charge is 0.189 e. The molecule has 0 saturated heterocycles. The van der Waals surface area contributed by atoms with Gasteiger partial charge in [0.25, 0.3) is 0 Å². The van der Waals surface area contributed by atoms with Gasteiger partial charge in [-0.3, -0.25) is 0 Å². The van der Waals surface area contributed by atoms with Gasteiger partial charge in [-0.05, 0) is 36.0 Å². The van der Waals surface area contributed by atoms with Gasteiger partial charge in [-0.2, -0.15) is 0 Å². The summed E-state index contributed by atoms with van der Waals surface area (Å²) in [5, 5.41) is 8.29. The van der Waals surface area contributed by atoms with Crippen LogP contribution in [-0.2, 0) is 6.42 Å². The Morgan fingerprint density at radius 3 is 2.57 bits per heavy atom. The maximum absolute atomic E-state index is 6.19. The van der Waals surface area contributed by atoms with Crippen LogP contribution < -0.4 is 10.6 Å². The molecule has 0 atom stereocenters. The Bertz CT molecular complexity index is 802. The van der Waals surface area contributed by atoms with Gasteiger partial charge in [0.15, 0.2) is 10.2 Å². The van der Waals surface area contributed by atoms with Crippen LogP contribution in [0.1, 0.15) is 10.4 Å². The molecule has 0 radical (unpaired) electrons. The lowest BCUT2D eigenvalue weighted by Crippen LogP contribution is -2.18. The highest BCUT2D eigenvalue weighted by molar-refractivity contribution is 7.80. The van der Waals surface area contributed by atoms with E-state index in [0.717, 1.165) is 32.7 Å². The van der Waals surface area contributed by atoms with Gasteiger partial charge in [-0.1, -0.05) is 48.0 Å². The van der Waals surface area contributed by atoms with Crippen LogP contribution in [-0.4, -0.2) is 10.1 Å². The summed E-state index contributed by atoms with van der Waals surface area (Å²) in [7, 11) is 0. The molecule has 0 bridgehead atoms. The average Bonchev–Trinajstić information content (AvgIpc) is 2.97. The zero-order valence-electron chi connectivity index (χ0n) is 12.1. The van der Waals surface area contributed by atoms with Gasteiger partial charge in [-0.25, -0.2) is 4.98 Å². The van der Waals surface area contributed by atoms with Crippen LogP contribution in [0.15, 0.2) is 60.8 Å². The first kappa shape index (κ1) is 15.9. The molecule has 0 saturated carbocycles. The van der Waals surface area contributed by atoms with E-state index in [0.29, 0.717) is 5.11 Å². The van der Waals surface area contributed by atoms with Gasteiger partial charge in [0.1, 0.15) is 0 Å². The van der Waals surface area contributed by atoms with Crippen molar-refractivity contribution >= 4 is 51.1 Å². The number of nitrogens with one attached hydrogen (secondary N) is 2. The van der Waals surface area contributed by atoms with Crippen molar-refractivity contribution in [1.29, 1.82) is 0 Å². The normalized spacial score (nSPS) is 10.3. The molecule has 2 aromatic carbocycles. The van der Waals surface area contributed by atoms with Gasteiger partial charge in [-0.15, -0.1) is 11.3 Å². The van der Waals surface area contributed by atoms with Crippen molar-refractivity contribution < 1.29 is 0 Å². The van der Waals surface area contributed by atoms with E-state index in [1.807, 2.05) is 60.8 Å². The number of hydrogen-bond donors (Lipinski definition) is 2. The van der Waals surface area contributed by atoms with Crippen molar-refractivity contribution in [3.05, 3.63) is 76.3 Å². The molecular weight excluding hydrogens is 346 g/mol. The number of benzene rings is 2. The molecule has 3 nitrogen and oxygen atoms in total. The predicted molar refractivity (Wildman–Crippen MR) is 103 cm³/mol. The molecule has 0 amide bonds. The number of nitrogens with zero attached hydrogens (tertiary/aromatic N) is 1.